The van der Waals surface area contributed by atoms with Crippen molar-refractivity contribution >= 4 is 23.1 Å². The molecule has 0 aliphatic heterocycles. The van der Waals surface area contributed by atoms with Gasteiger partial charge in [0.25, 0.3) is 0 Å². The Balaban J connectivity index is 1.80. The van der Waals surface area contributed by atoms with Crippen LogP contribution in [0.25, 0.3) is 0 Å². The van der Waals surface area contributed by atoms with Gasteiger partial charge in [-0.1, -0.05) is 12.1 Å². The van der Waals surface area contributed by atoms with E-state index in [2.05, 4.69) is 15.6 Å². The van der Waals surface area contributed by atoms with Crippen molar-refractivity contribution in [1.29, 1.82) is 0 Å². The maximum atomic E-state index is 12.0. The molecule has 0 saturated carbocycles. The smallest absolute Gasteiger partial charge is 0.319 e. The van der Waals surface area contributed by atoms with Gasteiger partial charge in [0.1, 0.15) is 12.4 Å². The number of rotatable bonds is 8. The van der Waals surface area contributed by atoms with Crippen molar-refractivity contribution in [3.63, 3.8) is 0 Å². The Morgan fingerprint density at radius 1 is 1.30 bits per heavy atom. The van der Waals surface area contributed by atoms with Crippen LogP contribution in [0, 0.1) is 6.92 Å². The Morgan fingerprint density at radius 3 is 2.87 bits per heavy atom. The summed E-state index contributed by atoms with van der Waals surface area (Å²) in [6.07, 6.45) is 0.720. The predicted molar refractivity (Wildman–Crippen MR) is 91.4 cm³/mol. The van der Waals surface area contributed by atoms with E-state index in [0.29, 0.717) is 31.2 Å². The summed E-state index contributed by atoms with van der Waals surface area (Å²) in [7, 11) is 1.62. The van der Waals surface area contributed by atoms with Crippen molar-refractivity contribution in [1.82, 2.24) is 10.3 Å². The number of para-hydroxylation sites is 2. The SMILES string of the molecule is COCCOc1ccccc1NC(=O)NCCc1nc(C)cs1. The Hall–Kier alpha value is -2.12. The van der Waals surface area contributed by atoms with Gasteiger partial charge in [0, 0.05) is 31.1 Å². The minimum absolute atomic E-state index is 0.263. The number of nitrogens with one attached hydrogen (secondary N) is 2. The van der Waals surface area contributed by atoms with Crippen molar-refractivity contribution in [3.8, 4) is 5.75 Å². The highest BCUT2D eigenvalue weighted by Gasteiger charge is 2.07. The Morgan fingerprint density at radius 2 is 2.13 bits per heavy atom. The van der Waals surface area contributed by atoms with Crippen LogP contribution in [0.15, 0.2) is 29.6 Å². The molecular formula is C16H21N3O3S. The molecule has 2 rings (SSSR count). The van der Waals surface area contributed by atoms with E-state index in [-0.39, 0.29) is 6.03 Å². The second-order valence-corrected chi connectivity index (χ2v) is 5.79. The maximum Gasteiger partial charge on any atom is 0.319 e. The van der Waals surface area contributed by atoms with Crippen LogP contribution >= 0.6 is 11.3 Å². The summed E-state index contributed by atoms with van der Waals surface area (Å²) < 4.78 is 10.5. The van der Waals surface area contributed by atoms with Crippen LogP contribution in [0.4, 0.5) is 10.5 Å². The first-order valence-electron chi connectivity index (χ1n) is 7.35. The lowest BCUT2D eigenvalue weighted by Gasteiger charge is -2.12. The number of amides is 2. The molecule has 2 amide bonds. The summed E-state index contributed by atoms with van der Waals surface area (Å²) in [4.78, 5) is 16.3. The van der Waals surface area contributed by atoms with Gasteiger partial charge in [0.15, 0.2) is 0 Å². The van der Waals surface area contributed by atoms with E-state index < -0.39 is 0 Å². The third-order valence-corrected chi connectivity index (χ3v) is 4.00. The van der Waals surface area contributed by atoms with Crippen molar-refractivity contribution in [3.05, 3.63) is 40.3 Å². The first-order valence-corrected chi connectivity index (χ1v) is 8.23. The lowest BCUT2D eigenvalue weighted by Crippen LogP contribution is -2.30. The fraction of sp³-hybridized carbons (Fsp3) is 0.375. The lowest BCUT2D eigenvalue weighted by molar-refractivity contribution is 0.146. The van der Waals surface area contributed by atoms with E-state index >= 15 is 0 Å². The average molecular weight is 335 g/mol. The number of nitrogens with zero attached hydrogens (tertiary/aromatic N) is 1. The molecule has 0 fully saturated rings. The summed E-state index contributed by atoms with van der Waals surface area (Å²) in [6, 6.07) is 7.05. The Kier molecular flexibility index (Phi) is 6.83. The van der Waals surface area contributed by atoms with Gasteiger partial charge >= 0.3 is 6.03 Å². The number of hydrogen-bond donors (Lipinski definition) is 2. The van der Waals surface area contributed by atoms with Gasteiger partial charge in [-0.3, -0.25) is 0 Å². The van der Waals surface area contributed by atoms with Gasteiger partial charge in [-0.2, -0.15) is 0 Å². The van der Waals surface area contributed by atoms with Crippen LogP contribution in [-0.4, -0.2) is 37.9 Å². The number of thiazole rings is 1. The van der Waals surface area contributed by atoms with E-state index in [1.165, 1.54) is 0 Å². The first-order chi connectivity index (χ1) is 11.2. The molecular weight excluding hydrogens is 314 g/mol. The number of ether oxygens (including phenoxy) is 2. The molecule has 0 radical (unpaired) electrons. The number of aryl methyl sites for hydroxylation is 1. The number of aromatic nitrogens is 1. The molecule has 2 aromatic rings. The van der Waals surface area contributed by atoms with E-state index in [0.717, 1.165) is 17.1 Å². The standard InChI is InChI=1S/C16H21N3O3S/c1-12-11-23-15(18-12)7-8-17-16(20)19-13-5-3-4-6-14(13)22-10-9-21-2/h3-6,11H,7-10H2,1-2H3,(H2,17,19,20). The molecule has 0 aliphatic carbocycles. The zero-order valence-corrected chi connectivity index (χ0v) is 14.1. The largest absolute Gasteiger partial charge is 0.489 e. The summed E-state index contributed by atoms with van der Waals surface area (Å²) in [6.45, 7) is 3.42. The number of hydrogen-bond acceptors (Lipinski definition) is 5. The summed E-state index contributed by atoms with van der Waals surface area (Å²) in [5.74, 6) is 0.621. The molecule has 0 unspecified atom stereocenters. The third kappa shape index (κ3) is 5.88. The van der Waals surface area contributed by atoms with E-state index in [1.54, 1.807) is 24.5 Å². The van der Waals surface area contributed by atoms with Crippen molar-refractivity contribution < 1.29 is 14.3 Å². The number of benzene rings is 1. The Labute approximate surface area is 139 Å². The maximum absolute atomic E-state index is 12.0. The fourth-order valence-corrected chi connectivity index (χ4v) is 2.67. The normalized spacial score (nSPS) is 10.3. The molecule has 6 nitrogen and oxygen atoms in total. The third-order valence-electron chi connectivity index (χ3n) is 2.97. The molecule has 0 aliphatic rings. The van der Waals surface area contributed by atoms with Crippen LogP contribution in [0.2, 0.25) is 0 Å². The van der Waals surface area contributed by atoms with Gasteiger partial charge in [-0.05, 0) is 19.1 Å². The molecule has 0 atom stereocenters. The van der Waals surface area contributed by atoms with Crippen molar-refractivity contribution in [2.75, 3.05) is 32.2 Å². The number of carbonyl (C=O) groups is 1. The summed E-state index contributed by atoms with van der Waals surface area (Å²) in [5, 5.41) is 8.64. The highest BCUT2D eigenvalue weighted by molar-refractivity contribution is 7.09. The zero-order chi connectivity index (χ0) is 16.5. The van der Waals surface area contributed by atoms with Gasteiger partial charge in [0.2, 0.25) is 0 Å². The molecule has 124 valence electrons. The van der Waals surface area contributed by atoms with Crippen molar-refractivity contribution in [2.45, 2.75) is 13.3 Å². The Bertz CT molecular complexity index is 631. The molecule has 23 heavy (non-hydrogen) atoms. The monoisotopic (exact) mass is 335 g/mol. The lowest BCUT2D eigenvalue weighted by atomic mass is 10.3. The highest BCUT2D eigenvalue weighted by atomic mass is 32.1. The molecule has 1 heterocycles. The van der Waals surface area contributed by atoms with Crippen LogP contribution in [-0.2, 0) is 11.2 Å². The number of anilines is 1. The second-order valence-electron chi connectivity index (χ2n) is 4.85. The number of carbonyl (C=O) groups excluding carboxylic acids is 1. The number of methoxy groups -OCH3 is 1. The molecule has 1 aromatic carbocycles. The molecule has 0 spiro atoms. The van der Waals surface area contributed by atoms with Crippen LogP contribution < -0.4 is 15.4 Å². The van der Waals surface area contributed by atoms with Crippen LogP contribution in [0.5, 0.6) is 5.75 Å². The van der Waals surface area contributed by atoms with E-state index in [4.69, 9.17) is 9.47 Å². The van der Waals surface area contributed by atoms with Gasteiger partial charge in [-0.15, -0.1) is 11.3 Å². The van der Waals surface area contributed by atoms with Gasteiger partial charge < -0.3 is 20.1 Å². The molecule has 7 heteroatoms. The number of urea groups is 1. The van der Waals surface area contributed by atoms with E-state index in [1.807, 2.05) is 30.5 Å². The van der Waals surface area contributed by atoms with Crippen LogP contribution in [0.3, 0.4) is 0 Å². The van der Waals surface area contributed by atoms with Gasteiger partial charge in [-0.25, -0.2) is 9.78 Å². The molecule has 2 N–H and O–H groups in total. The quantitative estimate of drug-likeness (QED) is 0.728. The van der Waals surface area contributed by atoms with Crippen LogP contribution in [0.1, 0.15) is 10.7 Å². The summed E-state index contributed by atoms with van der Waals surface area (Å²) in [5.41, 5.74) is 1.64. The molecule has 0 bridgehead atoms. The summed E-state index contributed by atoms with van der Waals surface area (Å²) >= 11 is 1.60. The fourth-order valence-electron chi connectivity index (χ4n) is 1.90. The first kappa shape index (κ1) is 17.2. The van der Waals surface area contributed by atoms with E-state index in [9.17, 15) is 4.79 Å². The highest BCUT2D eigenvalue weighted by Crippen LogP contribution is 2.23. The van der Waals surface area contributed by atoms with Crippen molar-refractivity contribution in [2.24, 2.45) is 0 Å². The molecule has 0 saturated heterocycles. The zero-order valence-electron chi connectivity index (χ0n) is 13.3. The van der Waals surface area contributed by atoms with Gasteiger partial charge in [0.05, 0.1) is 17.3 Å². The minimum Gasteiger partial charge on any atom is -0.489 e. The average Bonchev–Trinajstić information content (AvgIpc) is 2.95. The second kappa shape index (κ2) is 9.12. The minimum atomic E-state index is -0.263. The predicted octanol–water partition coefficient (Wildman–Crippen LogP) is 2.84. The molecule has 1 aromatic heterocycles. The topological polar surface area (TPSA) is 72.5 Å².